The highest BCUT2D eigenvalue weighted by Crippen LogP contribution is 2.29. The van der Waals surface area contributed by atoms with E-state index < -0.39 is 11.8 Å². The Morgan fingerprint density at radius 3 is 1.93 bits per heavy atom. The molecule has 0 atom stereocenters. The number of hydrogen-bond donors (Lipinski definition) is 2. The van der Waals surface area contributed by atoms with Crippen LogP contribution >= 0.6 is 0 Å². The van der Waals surface area contributed by atoms with Crippen LogP contribution in [0, 0.1) is 13.8 Å². The third-order valence-corrected chi connectivity index (χ3v) is 4.43. The predicted molar refractivity (Wildman–Crippen MR) is 115 cm³/mol. The number of ether oxygens (including phenoxy) is 2. The first-order valence-corrected chi connectivity index (χ1v) is 9.58. The first-order chi connectivity index (χ1) is 14.5. The zero-order valence-corrected chi connectivity index (χ0v) is 17.0. The summed E-state index contributed by atoms with van der Waals surface area (Å²) in [5.41, 5.74) is 8.43. The van der Waals surface area contributed by atoms with Crippen LogP contribution in [0.15, 0.2) is 72.8 Å². The lowest BCUT2D eigenvalue weighted by Gasteiger charge is -2.13. The molecule has 6 heteroatoms. The van der Waals surface area contributed by atoms with Crippen molar-refractivity contribution < 1.29 is 19.1 Å². The van der Waals surface area contributed by atoms with E-state index in [1.54, 1.807) is 6.07 Å². The standard InChI is InChI=1S/C24H24N2O4/c1-17-9-8-10-18(2)24(17)30-16-23(28)26-25-22(27)15-29-21-14-7-6-13-20(21)19-11-4-3-5-12-19/h3-14H,15-16H2,1-2H3,(H,25,27)(H,26,28). The highest BCUT2D eigenvalue weighted by Gasteiger charge is 2.10. The monoisotopic (exact) mass is 404 g/mol. The van der Waals surface area contributed by atoms with Gasteiger partial charge < -0.3 is 9.47 Å². The van der Waals surface area contributed by atoms with Gasteiger partial charge in [-0.1, -0.05) is 66.7 Å². The molecule has 154 valence electrons. The van der Waals surface area contributed by atoms with Gasteiger partial charge in [0.2, 0.25) is 0 Å². The van der Waals surface area contributed by atoms with Gasteiger partial charge in [-0.15, -0.1) is 0 Å². The zero-order valence-electron chi connectivity index (χ0n) is 17.0. The molecular weight excluding hydrogens is 380 g/mol. The second kappa shape index (κ2) is 10.1. The van der Waals surface area contributed by atoms with Gasteiger partial charge in [-0.3, -0.25) is 20.4 Å². The van der Waals surface area contributed by atoms with Crippen LogP contribution in [0.4, 0.5) is 0 Å². The predicted octanol–water partition coefficient (Wildman–Crippen LogP) is 3.58. The molecule has 0 saturated carbocycles. The fourth-order valence-corrected chi connectivity index (χ4v) is 2.97. The van der Waals surface area contributed by atoms with Crippen LogP contribution in [0.25, 0.3) is 11.1 Å². The summed E-state index contributed by atoms with van der Waals surface area (Å²) < 4.78 is 11.2. The van der Waals surface area contributed by atoms with Gasteiger partial charge in [0.25, 0.3) is 11.8 Å². The van der Waals surface area contributed by atoms with Gasteiger partial charge in [-0.2, -0.15) is 0 Å². The van der Waals surface area contributed by atoms with Gasteiger partial charge >= 0.3 is 0 Å². The maximum atomic E-state index is 12.1. The van der Waals surface area contributed by atoms with Gasteiger partial charge in [0.1, 0.15) is 11.5 Å². The van der Waals surface area contributed by atoms with E-state index in [1.807, 2.05) is 80.6 Å². The molecule has 0 unspecified atom stereocenters. The summed E-state index contributed by atoms with van der Waals surface area (Å²) in [5, 5.41) is 0. The average molecular weight is 404 g/mol. The largest absolute Gasteiger partial charge is 0.483 e. The number of aryl methyl sites for hydroxylation is 2. The summed E-state index contributed by atoms with van der Waals surface area (Å²) in [6.07, 6.45) is 0. The maximum Gasteiger partial charge on any atom is 0.276 e. The Morgan fingerprint density at radius 2 is 1.27 bits per heavy atom. The van der Waals surface area contributed by atoms with E-state index in [1.165, 1.54) is 0 Å². The van der Waals surface area contributed by atoms with Crippen LogP contribution in [0.1, 0.15) is 11.1 Å². The molecule has 0 saturated heterocycles. The molecule has 2 N–H and O–H groups in total. The summed E-state index contributed by atoms with van der Waals surface area (Å²) in [6.45, 7) is 3.38. The van der Waals surface area contributed by atoms with E-state index in [-0.39, 0.29) is 13.2 Å². The van der Waals surface area contributed by atoms with Crippen molar-refractivity contribution in [1.82, 2.24) is 10.9 Å². The smallest absolute Gasteiger partial charge is 0.276 e. The molecule has 0 aliphatic carbocycles. The zero-order chi connectivity index (χ0) is 21.3. The van der Waals surface area contributed by atoms with Crippen LogP contribution in [0.3, 0.4) is 0 Å². The number of rotatable bonds is 7. The molecule has 2 amide bonds. The summed E-state index contributed by atoms with van der Waals surface area (Å²) in [4.78, 5) is 24.0. The topological polar surface area (TPSA) is 76.7 Å². The summed E-state index contributed by atoms with van der Waals surface area (Å²) >= 11 is 0. The minimum absolute atomic E-state index is 0.205. The summed E-state index contributed by atoms with van der Waals surface area (Å²) in [7, 11) is 0. The number of nitrogens with one attached hydrogen (secondary N) is 2. The first kappa shape index (κ1) is 20.9. The van der Waals surface area contributed by atoms with Crippen molar-refractivity contribution >= 4 is 11.8 Å². The van der Waals surface area contributed by atoms with E-state index in [4.69, 9.17) is 9.47 Å². The Balaban J connectivity index is 1.47. The Morgan fingerprint density at radius 1 is 0.700 bits per heavy atom. The van der Waals surface area contributed by atoms with Gasteiger partial charge in [-0.25, -0.2) is 0 Å². The van der Waals surface area contributed by atoms with Crippen molar-refractivity contribution in [2.75, 3.05) is 13.2 Å². The molecule has 3 rings (SSSR count). The molecular formula is C24H24N2O4. The van der Waals surface area contributed by atoms with Crippen molar-refractivity contribution in [1.29, 1.82) is 0 Å². The second-order valence-electron chi connectivity index (χ2n) is 6.76. The second-order valence-corrected chi connectivity index (χ2v) is 6.76. The van der Waals surface area contributed by atoms with E-state index in [0.717, 1.165) is 22.3 Å². The molecule has 30 heavy (non-hydrogen) atoms. The van der Waals surface area contributed by atoms with Crippen molar-refractivity contribution in [3.8, 4) is 22.6 Å². The van der Waals surface area contributed by atoms with Gasteiger partial charge in [-0.05, 0) is 36.6 Å². The number of benzene rings is 3. The first-order valence-electron chi connectivity index (χ1n) is 9.58. The van der Waals surface area contributed by atoms with Crippen LogP contribution in [0.2, 0.25) is 0 Å². The lowest BCUT2D eigenvalue weighted by molar-refractivity contribution is -0.131. The Hall–Kier alpha value is -3.80. The highest BCUT2D eigenvalue weighted by molar-refractivity contribution is 5.83. The molecule has 0 bridgehead atoms. The fraction of sp³-hybridized carbons (Fsp3) is 0.167. The molecule has 6 nitrogen and oxygen atoms in total. The van der Waals surface area contributed by atoms with Crippen LogP contribution in [0.5, 0.6) is 11.5 Å². The number of carbonyl (C=O) groups excluding carboxylic acids is 2. The SMILES string of the molecule is Cc1cccc(C)c1OCC(=O)NNC(=O)COc1ccccc1-c1ccccc1. The van der Waals surface area contributed by atoms with Crippen molar-refractivity contribution in [3.05, 3.63) is 83.9 Å². The molecule has 0 heterocycles. The quantitative estimate of drug-likeness (QED) is 0.590. The molecule has 0 spiro atoms. The molecule has 0 aromatic heterocycles. The minimum atomic E-state index is -0.474. The van der Waals surface area contributed by atoms with Crippen molar-refractivity contribution in [2.45, 2.75) is 13.8 Å². The van der Waals surface area contributed by atoms with Crippen molar-refractivity contribution in [3.63, 3.8) is 0 Å². The number of amides is 2. The van der Waals surface area contributed by atoms with Crippen LogP contribution in [-0.2, 0) is 9.59 Å². The van der Waals surface area contributed by atoms with E-state index in [2.05, 4.69) is 10.9 Å². The lowest BCUT2D eigenvalue weighted by Crippen LogP contribution is -2.45. The molecule has 0 fully saturated rings. The fourth-order valence-electron chi connectivity index (χ4n) is 2.97. The molecule has 3 aromatic rings. The molecule has 0 aliphatic rings. The third-order valence-electron chi connectivity index (χ3n) is 4.43. The van der Waals surface area contributed by atoms with E-state index in [9.17, 15) is 9.59 Å². The number of hydrazine groups is 1. The number of carbonyl (C=O) groups is 2. The summed E-state index contributed by atoms with van der Waals surface area (Å²) in [6, 6.07) is 23.0. The normalized spacial score (nSPS) is 10.2. The lowest BCUT2D eigenvalue weighted by atomic mass is 10.1. The van der Waals surface area contributed by atoms with Crippen molar-refractivity contribution in [2.24, 2.45) is 0 Å². The highest BCUT2D eigenvalue weighted by atomic mass is 16.5. The Kier molecular flexibility index (Phi) is 7.05. The Labute approximate surface area is 175 Å². The number of para-hydroxylation sites is 2. The molecule has 3 aromatic carbocycles. The third kappa shape index (κ3) is 5.61. The van der Waals surface area contributed by atoms with E-state index in [0.29, 0.717) is 11.5 Å². The minimum Gasteiger partial charge on any atom is -0.483 e. The molecule has 0 aliphatic heterocycles. The van der Waals surface area contributed by atoms with E-state index >= 15 is 0 Å². The number of hydrogen-bond acceptors (Lipinski definition) is 4. The van der Waals surface area contributed by atoms with Crippen LogP contribution < -0.4 is 20.3 Å². The van der Waals surface area contributed by atoms with Gasteiger partial charge in [0.15, 0.2) is 13.2 Å². The van der Waals surface area contributed by atoms with Crippen LogP contribution in [-0.4, -0.2) is 25.0 Å². The van der Waals surface area contributed by atoms with Gasteiger partial charge in [0.05, 0.1) is 0 Å². The molecule has 0 radical (unpaired) electrons. The Bertz CT molecular complexity index is 998. The average Bonchev–Trinajstić information content (AvgIpc) is 2.76. The summed E-state index contributed by atoms with van der Waals surface area (Å²) in [5.74, 6) is 0.317. The van der Waals surface area contributed by atoms with Gasteiger partial charge in [0, 0.05) is 5.56 Å². The maximum absolute atomic E-state index is 12.1.